The van der Waals surface area contributed by atoms with Gasteiger partial charge in [0.2, 0.25) is 5.91 Å². The summed E-state index contributed by atoms with van der Waals surface area (Å²) < 4.78 is 16.3. The Hall–Kier alpha value is -2.93. The Morgan fingerprint density at radius 3 is 2.63 bits per heavy atom. The van der Waals surface area contributed by atoms with Crippen molar-refractivity contribution in [3.63, 3.8) is 0 Å². The fourth-order valence-electron chi connectivity index (χ4n) is 2.98. The Labute approximate surface area is 179 Å². The van der Waals surface area contributed by atoms with E-state index in [-0.39, 0.29) is 17.4 Å². The van der Waals surface area contributed by atoms with Crippen LogP contribution in [0.4, 0.5) is 4.39 Å². The molecule has 0 spiro atoms. The van der Waals surface area contributed by atoms with Crippen LogP contribution in [0, 0.1) is 19.7 Å². The van der Waals surface area contributed by atoms with Crippen molar-refractivity contribution in [3.05, 3.63) is 76.9 Å². The van der Waals surface area contributed by atoms with Gasteiger partial charge in [-0.1, -0.05) is 30.0 Å². The van der Waals surface area contributed by atoms with Gasteiger partial charge in [-0.25, -0.2) is 9.37 Å². The summed E-state index contributed by atoms with van der Waals surface area (Å²) in [4.78, 5) is 27.8. The number of amides is 1. The minimum atomic E-state index is -0.437. The van der Waals surface area contributed by atoms with Crippen LogP contribution in [0.2, 0.25) is 0 Å². The number of hydrogen-bond donors (Lipinski definition) is 1. The lowest BCUT2D eigenvalue weighted by Crippen LogP contribution is -2.22. The summed E-state index contributed by atoms with van der Waals surface area (Å²) in [7, 11) is 0. The third-order valence-corrected chi connectivity index (χ3v) is 5.82. The van der Waals surface area contributed by atoms with E-state index in [0.29, 0.717) is 29.2 Å². The van der Waals surface area contributed by atoms with Crippen LogP contribution in [0.15, 0.2) is 53.9 Å². The monoisotopic (exact) mass is 425 g/mol. The van der Waals surface area contributed by atoms with Crippen LogP contribution in [0.1, 0.15) is 34.0 Å². The molecule has 0 aliphatic heterocycles. The smallest absolute Gasteiger partial charge is 0.216 e. The average molecular weight is 426 g/mol. The number of carbonyl (C=O) groups excluding carboxylic acids is 2. The number of halogens is 1. The van der Waals surface area contributed by atoms with Gasteiger partial charge < -0.3 is 5.32 Å². The van der Waals surface area contributed by atoms with Crippen LogP contribution in [0.25, 0.3) is 5.69 Å². The molecule has 5 nitrogen and oxygen atoms in total. The first kappa shape index (κ1) is 21.8. The zero-order valence-corrected chi connectivity index (χ0v) is 18.1. The van der Waals surface area contributed by atoms with Crippen LogP contribution in [-0.4, -0.2) is 33.5 Å². The van der Waals surface area contributed by atoms with Gasteiger partial charge in [0.25, 0.3) is 0 Å². The van der Waals surface area contributed by atoms with Gasteiger partial charge >= 0.3 is 0 Å². The molecule has 30 heavy (non-hydrogen) atoms. The molecule has 0 aliphatic rings. The van der Waals surface area contributed by atoms with Gasteiger partial charge in [0.05, 0.1) is 5.75 Å². The molecule has 0 fully saturated rings. The molecule has 1 amide bonds. The number of hydrogen-bond acceptors (Lipinski definition) is 4. The predicted molar refractivity (Wildman–Crippen MR) is 117 cm³/mol. The largest absolute Gasteiger partial charge is 0.356 e. The van der Waals surface area contributed by atoms with E-state index in [1.54, 1.807) is 18.3 Å². The van der Waals surface area contributed by atoms with Crippen molar-refractivity contribution >= 4 is 23.5 Å². The maximum Gasteiger partial charge on any atom is 0.216 e. The minimum absolute atomic E-state index is 0.154. The normalized spacial score (nSPS) is 10.8. The number of nitrogens with one attached hydrogen (secondary N) is 1. The molecule has 3 rings (SSSR count). The number of Topliss-reactive ketones (excluding diaryl/α,β-unsaturated/α-hetero) is 1. The molecule has 0 saturated heterocycles. The summed E-state index contributed by atoms with van der Waals surface area (Å²) in [6, 6.07) is 10.7. The second kappa shape index (κ2) is 9.71. The zero-order valence-electron chi connectivity index (χ0n) is 17.2. The number of carbonyl (C=O) groups is 2. The highest BCUT2D eigenvalue weighted by Gasteiger charge is 2.13. The van der Waals surface area contributed by atoms with Crippen molar-refractivity contribution in [2.45, 2.75) is 32.3 Å². The SMILES string of the molecule is CC(=O)NCCc1ccc(C(=O)CSc2nccn2-c2ccc(C)c(C)c2)cc1F. The Morgan fingerprint density at radius 1 is 1.13 bits per heavy atom. The second-order valence-electron chi connectivity index (χ2n) is 7.10. The first-order valence-electron chi connectivity index (χ1n) is 9.65. The van der Waals surface area contributed by atoms with Crippen LogP contribution in [0.3, 0.4) is 0 Å². The minimum Gasteiger partial charge on any atom is -0.356 e. The van der Waals surface area contributed by atoms with Gasteiger partial charge in [0, 0.05) is 37.1 Å². The molecular formula is C23H24FN3O2S. The maximum absolute atomic E-state index is 14.3. The average Bonchev–Trinajstić information content (AvgIpc) is 3.17. The Morgan fingerprint density at radius 2 is 1.93 bits per heavy atom. The summed E-state index contributed by atoms with van der Waals surface area (Å²) in [6.45, 7) is 5.89. The van der Waals surface area contributed by atoms with E-state index in [1.807, 2.05) is 16.8 Å². The van der Waals surface area contributed by atoms with Crippen molar-refractivity contribution in [1.29, 1.82) is 0 Å². The number of imidazole rings is 1. The third-order valence-electron chi connectivity index (χ3n) is 4.85. The molecule has 0 atom stereocenters. The molecule has 3 aromatic rings. The van der Waals surface area contributed by atoms with Crippen molar-refractivity contribution in [3.8, 4) is 5.69 Å². The molecule has 0 saturated carbocycles. The topological polar surface area (TPSA) is 64.0 Å². The van der Waals surface area contributed by atoms with E-state index in [4.69, 9.17) is 0 Å². The molecule has 0 aliphatic carbocycles. The van der Waals surface area contributed by atoms with Gasteiger partial charge in [-0.3, -0.25) is 14.2 Å². The number of benzene rings is 2. The standard InChI is InChI=1S/C23H24FN3O2S/c1-15-4-7-20(12-16(15)2)27-11-10-26-23(27)30-14-22(29)19-6-5-18(21(24)13-19)8-9-25-17(3)28/h4-7,10-13H,8-9,14H2,1-3H3,(H,25,28). The second-order valence-corrected chi connectivity index (χ2v) is 8.04. The van der Waals surface area contributed by atoms with E-state index in [1.165, 1.54) is 35.9 Å². The van der Waals surface area contributed by atoms with Crippen molar-refractivity contribution in [2.24, 2.45) is 0 Å². The molecule has 0 radical (unpaired) electrons. The molecule has 0 bridgehead atoms. The number of aryl methyl sites for hydroxylation is 2. The van der Waals surface area contributed by atoms with Crippen molar-refractivity contribution < 1.29 is 14.0 Å². The molecule has 0 unspecified atom stereocenters. The number of aromatic nitrogens is 2. The molecule has 1 heterocycles. The van der Waals surface area contributed by atoms with Crippen LogP contribution < -0.4 is 5.32 Å². The van der Waals surface area contributed by atoms with E-state index >= 15 is 0 Å². The Balaban J connectivity index is 1.65. The summed E-state index contributed by atoms with van der Waals surface area (Å²) in [5.74, 6) is -0.597. The van der Waals surface area contributed by atoms with Crippen molar-refractivity contribution in [2.75, 3.05) is 12.3 Å². The fourth-order valence-corrected chi connectivity index (χ4v) is 3.85. The van der Waals surface area contributed by atoms with Crippen molar-refractivity contribution in [1.82, 2.24) is 14.9 Å². The summed E-state index contributed by atoms with van der Waals surface area (Å²) in [6.07, 6.45) is 3.94. The van der Waals surface area contributed by atoms with E-state index in [9.17, 15) is 14.0 Å². The van der Waals surface area contributed by atoms with E-state index in [0.717, 1.165) is 5.69 Å². The lowest BCUT2D eigenvalue weighted by molar-refractivity contribution is -0.118. The molecule has 156 valence electrons. The number of nitrogens with zero attached hydrogens (tertiary/aromatic N) is 2. The summed E-state index contributed by atoms with van der Waals surface area (Å²) in [5, 5.41) is 3.34. The van der Waals surface area contributed by atoms with Gasteiger partial charge in [-0.05, 0) is 55.2 Å². The maximum atomic E-state index is 14.3. The van der Waals surface area contributed by atoms with Gasteiger partial charge in [0.1, 0.15) is 5.82 Å². The lowest BCUT2D eigenvalue weighted by Gasteiger charge is -2.10. The third kappa shape index (κ3) is 5.36. The predicted octanol–water partition coefficient (Wildman–Crippen LogP) is 4.28. The van der Waals surface area contributed by atoms with Gasteiger partial charge in [-0.2, -0.15) is 0 Å². The highest BCUT2D eigenvalue weighted by atomic mass is 32.2. The van der Waals surface area contributed by atoms with Gasteiger partial charge in [-0.15, -0.1) is 0 Å². The highest BCUT2D eigenvalue weighted by molar-refractivity contribution is 7.99. The van der Waals surface area contributed by atoms with Crippen LogP contribution in [0.5, 0.6) is 0 Å². The molecule has 1 N–H and O–H groups in total. The number of rotatable bonds is 8. The number of thioether (sulfide) groups is 1. The van der Waals surface area contributed by atoms with Crippen LogP contribution in [-0.2, 0) is 11.2 Å². The zero-order chi connectivity index (χ0) is 21.7. The van der Waals surface area contributed by atoms with Crippen LogP contribution >= 0.6 is 11.8 Å². The van der Waals surface area contributed by atoms with E-state index in [2.05, 4.69) is 36.3 Å². The summed E-state index contributed by atoms with van der Waals surface area (Å²) in [5.41, 5.74) is 4.18. The van der Waals surface area contributed by atoms with E-state index < -0.39 is 5.82 Å². The summed E-state index contributed by atoms with van der Waals surface area (Å²) >= 11 is 1.32. The Bertz CT molecular complexity index is 1080. The Kier molecular flexibility index (Phi) is 7.05. The first-order valence-corrected chi connectivity index (χ1v) is 10.6. The molecular weight excluding hydrogens is 401 g/mol. The fraction of sp³-hybridized carbons (Fsp3) is 0.261. The first-order chi connectivity index (χ1) is 14.3. The molecule has 2 aromatic carbocycles. The molecule has 1 aromatic heterocycles. The number of ketones is 1. The highest BCUT2D eigenvalue weighted by Crippen LogP contribution is 2.23. The quantitative estimate of drug-likeness (QED) is 0.432. The van der Waals surface area contributed by atoms with Gasteiger partial charge in [0.15, 0.2) is 10.9 Å². The lowest BCUT2D eigenvalue weighted by atomic mass is 10.1. The molecule has 7 heteroatoms.